The van der Waals surface area contributed by atoms with Gasteiger partial charge in [0.05, 0.1) is 0 Å². The van der Waals surface area contributed by atoms with E-state index < -0.39 is 55.0 Å². The summed E-state index contributed by atoms with van der Waals surface area (Å²) in [6, 6.07) is 0. The second-order valence-electron chi connectivity index (χ2n) is 4.70. The molecular formula is C9H7F11. The summed E-state index contributed by atoms with van der Waals surface area (Å²) in [4.78, 5) is 0. The number of rotatable bonds is 2. The third kappa shape index (κ3) is 1.60. The highest BCUT2D eigenvalue weighted by atomic mass is 19.3. The molecule has 0 N–H and O–H groups in total. The van der Waals surface area contributed by atoms with Crippen molar-refractivity contribution in [2.75, 3.05) is 0 Å². The van der Waals surface area contributed by atoms with E-state index in [2.05, 4.69) is 0 Å². The zero-order valence-corrected chi connectivity index (χ0v) is 9.52. The lowest BCUT2D eigenvalue weighted by Crippen LogP contribution is -2.80. The van der Waals surface area contributed by atoms with Crippen LogP contribution >= 0.6 is 0 Å². The summed E-state index contributed by atoms with van der Waals surface area (Å²) in [7, 11) is 0. The van der Waals surface area contributed by atoms with Crippen LogP contribution in [0, 0.1) is 0 Å². The topological polar surface area (TPSA) is 0 Å². The minimum Gasteiger partial charge on any atom is -0.237 e. The van der Waals surface area contributed by atoms with Crippen LogP contribution in [-0.4, -0.2) is 41.7 Å². The lowest BCUT2D eigenvalue weighted by atomic mass is 9.65. The van der Waals surface area contributed by atoms with Crippen LogP contribution in [-0.2, 0) is 0 Å². The number of hydrogen-bond donors (Lipinski definition) is 0. The average molecular weight is 324 g/mol. The summed E-state index contributed by atoms with van der Waals surface area (Å²) < 4.78 is 143. The number of hydrogen-bond acceptors (Lipinski definition) is 0. The molecule has 1 aliphatic rings. The van der Waals surface area contributed by atoms with E-state index in [4.69, 9.17) is 0 Å². The molecule has 0 saturated heterocycles. The zero-order chi connectivity index (χ0) is 16.4. The lowest BCUT2D eigenvalue weighted by molar-refractivity contribution is -0.398. The van der Waals surface area contributed by atoms with Gasteiger partial charge >= 0.3 is 17.5 Å². The molecule has 0 bridgehead atoms. The predicted molar refractivity (Wildman–Crippen MR) is 43.7 cm³/mol. The van der Waals surface area contributed by atoms with Crippen LogP contribution in [0.3, 0.4) is 0 Å². The first-order chi connectivity index (χ1) is 8.59. The van der Waals surface area contributed by atoms with Crippen LogP contribution in [0.5, 0.6) is 0 Å². The van der Waals surface area contributed by atoms with Crippen molar-refractivity contribution in [1.82, 2.24) is 0 Å². The fourth-order valence-electron chi connectivity index (χ4n) is 2.07. The van der Waals surface area contributed by atoms with Crippen LogP contribution in [0.15, 0.2) is 0 Å². The molecule has 0 radical (unpaired) electrons. The molecule has 0 spiro atoms. The van der Waals surface area contributed by atoms with Crippen LogP contribution in [0.25, 0.3) is 0 Å². The largest absolute Gasteiger partial charge is 0.332 e. The van der Waals surface area contributed by atoms with Gasteiger partial charge in [-0.05, 0) is 6.92 Å². The van der Waals surface area contributed by atoms with Gasteiger partial charge in [-0.3, -0.25) is 0 Å². The molecule has 0 nitrogen and oxygen atoms in total. The van der Waals surface area contributed by atoms with Gasteiger partial charge in [0, 0.05) is 6.42 Å². The van der Waals surface area contributed by atoms with E-state index in [1.165, 1.54) is 0 Å². The van der Waals surface area contributed by atoms with E-state index in [0.717, 1.165) is 0 Å². The molecule has 11 heteroatoms. The Kier molecular flexibility index (Phi) is 3.56. The molecule has 0 aromatic carbocycles. The molecule has 0 aliphatic heterocycles. The summed E-state index contributed by atoms with van der Waals surface area (Å²) in [5.74, 6) is -12.6. The number of alkyl halides is 11. The highest BCUT2D eigenvalue weighted by molar-refractivity contribution is 5.25. The standard InChI is InChI=1S/C9H7F11/c1-5(14)2-6(15,3(10)11)9(19,20)7(16,4(12)13)8(5,17)18/h3-4H,2H2,1H3. The second-order valence-corrected chi connectivity index (χ2v) is 4.70. The smallest absolute Gasteiger partial charge is 0.237 e. The SMILES string of the molecule is CC1(F)CC(F)(C(F)F)C(F)(F)C(F)(C(F)F)C1(F)F. The van der Waals surface area contributed by atoms with E-state index in [9.17, 15) is 48.3 Å². The Morgan fingerprint density at radius 3 is 1.40 bits per heavy atom. The van der Waals surface area contributed by atoms with Crippen molar-refractivity contribution in [2.24, 2.45) is 0 Å². The van der Waals surface area contributed by atoms with Crippen molar-refractivity contribution < 1.29 is 48.3 Å². The third-order valence-corrected chi connectivity index (χ3v) is 3.33. The van der Waals surface area contributed by atoms with Gasteiger partial charge in [0.15, 0.2) is 5.67 Å². The first-order valence-corrected chi connectivity index (χ1v) is 4.98. The van der Waals surface area contributed by atoms with Gasteiger partial charge < -0.3 is 0 Å². The van der Waals surface area contributed by atoms with Crippen molar-refractivity contribution in [3.63, 3.8) is 0 Å². The first kappa shape index (κ1) is 17.3. The molecule has 0 aromatic rings. The van der Waals surface area contributed by atoms with Gasteiger partial charge in [0.25, 0.3) is 12.9 Å². The molecule has 1 fully saturated rings. The molecule has 3 unspecified atom stereocenters. The van der Waals surface area contributed by atoms with Crippen LogP contribution in [0.2, 0.25) is 0 Å². The summed E-state index contributed by atoms with van der Waals surface area (Å²) in [5, 5.41) is 0. The van der Waals surface area contributed by atoms with E-state index >= 15 is 0 Å². The van der Waals surface area contributed by atoms with Gasteiger partial charge in [-0.25, -0.2) is 30.7 Å². The molecule has 3 atom stereocenters. The van der Waals surface area contributed by atoms with Crippen molar-refractivity contribution in [1.29, 1.82) is 0 Å². The molecule has 0 amide bonds. The summed E-state index contributed by atoms with van der Waals surface area (Å²) in [5.41, 5.74) is -16.6. The minimum absolute atomic E-state index is 0.393. The maximum atomic E-state index is 13.5. The Balaban J connectivity index is 3.68. The lowest BCUT2D eigenvalue weighted by Gasteiger charge is -2.53. The highest BCUT2D eigenvalue weighted by Gasteiger charge is 2.91. The molecule has 0 heterocycles. The van der Waals surface area contributed by atoms with Gasteiger partial charge in [-0.15, -0.1) is 0 Å². The Morgan fingerprint density at radius 2 is 1.10 bits per heavy atom. The molecule has 1 aliphatic carbocycles. The Labute approximate surface area is 104 Å². The minimum atomic E-state index is -6.50. The molecule has 1 saturated carbocycles. The van der Waals surface area contributed by atoms with Gasteiger partial charge in [-0.2, -0.15) is 17.6 Å². The van der Waals surface area contributed by atoms with Crippen LogP contribution in [0.1, 0.15) is 13.3 Å². The Morgan fingerprint density at radius 1 is 0.700 bits per heavy atom. The fourth-order valence-corrected chi connectivity index (χ4v) is 2.07. The molecule has 20 heavy (non-hydrogen) atoms. The van der Waals surface area contributed by atoms with E-state index in [-0.39, 0.29) is 0 Å². The second kappa shape index (κ2) is 4.12. The quantitative estimate of drug-likeness (QED) is 0.663. The van der Waals surface area contributed by atoms with Crippen molar-refractivity contribution >= 4 is 0 Å². The van der Waals surface area contributed by atoms with Crippen molar-refractivity contribution in [3.05, 3.63) is 0 Å². The molecule has 0 aromatic heterocycles. The van der Waals surface area contributed by atoms with Crippen LogP contribution in [0.4, 0.5) is 48.3 Å². The van der Waals surface area contributed by atoms with Crippen molar-refractivity contribution in [2.45, 2.75) is 55.0 Å². The normalized spacial score (nSPS) is 44.1. The first-order valence-electron chi connectivity index (χ1n) is 4.98. The Bertz CT molecular complexity index is 389. The Hall–Kier alpha value is -0.770. The fraction of sp³-hybridized carbons (Fsp3) is 1.00. The molecule has 120 valence electrons. The van der Waals surface area contributed by atoms with E-state index in [1.807, 2.05) is 0 Å². The van der Waals surface area contributed by atoms with Gasteiger partial charge in [-0.1, -0.05) is 0 Å². The highest BCUT2D eigenvalue weighted by Crippen LogP contribution is 2.65. The molecule has 1 rings (SSSR count). The van der Waals surface area contributed by atoms with Gasteiger partial charge in [0.1, 0.15) is 0 Å². The number of halogens is 11. The monoisotopic (exact) mass is 324 g/mol. The predicted octanol–water partition coefficient (Wildman–Crippen LogP) is 4.34. The molecular weight excluding hydrogens is 317 g/mol. The maximum Gasteiger partial charge on any atom is 0.332 e. The maximum absolute atomic E-state index is 13.5. The third-order valence-electron chi connectivity index (χ3n) is 3.33. The van der Waals surface area contributed by atoms with E-state index in [1.54, 1.807) is 0 Å². The van der Waals surface area contributed by atoms with Crippen molar-refractivity contribution in [3.8, 4) is 0 Å². The summed E-state index contributed by atoms with van der Waals surface area (Å²) in [6.45, 7) is -0.393. The van der Waals surface area contributed by atoms with Gasteiger partial charge in [0.2, 0.25) is 5.67 Å². The average Bonchev–Trinajstić information content (AvgIpc) is 2.24. The summed E-state index contributed by atoms with van der Waals surface area (Å²) >= 11 is 0. The summed E-state index contributed by atoms with van der Waals surface area (Å²) in [6.07, 6.45) is -13.0. The van der Waals surface area contributed by atoms with E-state index in [0.29, 0.717) is 0 Å². The zero-order valence-electron chi connectivity index (χ0n) is 9.52. The van der Waals surface area contributed by atoms with Crippen LogP contribution < -0.4 is 0 Å².